The van der Waals surface area contributed by atoms with Gasteiger partial charge in [0, 0.05) is 6.04 Å². The third kappa shape index (κ3) is 3.11. The number of rotatable bonds is 5. The van der Waals surface area contributed by atoms with Gasteiger partial charge in [0.25, 0.3) is 0 Å². The summed E-state index contributed by atoms with van der Waals surface area (Å²) < 4.78 is 16.4. The van der Waals surface area contributed by atoms with Gasteiger partial charge >= 0.3 is 0 Å². The molecule has 1 unspecified atom stereocenters. The summed E-state index contributed by atoms with van der Waals surface area (Å²) in [5.74, 6) is 2.40. The summed E-state index contributed by atoms with van der Waals surface area (Å²) in [4.78, 5) is 0. The Labute approximate surface area is 124 Å². The van der Waals surface area contributed by atoms with Crippen molar-refractivity contribution < 1.29 is 14.2 Å². The lowest BCUT2D eigenvalue weighted by atomic mass is 10.1. The maximum absolute atomic E-state index is 5.99. The zero-order chi connectivity index (χ0) is 14.7. The van der Waals surface area contributed by atoms with Gasteiger partial charge in [0.15, 0.2) is 11.5 Å². The molecule has 1 aliphatic heterocycles. The molecule has 0 spiro atoms. The molecule has 21 heavy (non-hydrogen) atoms. The summed E-state index contributed by atoms with van der Waals surface area (Å²) in [5.41, 5.74) is 8.18. The van der Waals surface area contributed by atoms with E-state index in [9.17, 15) is 0 Å². The van der Waals surface area contributed by atoms with E-state index in [1.54, 1.807) is 0 Å². The molecule has 3 rings (SSSR count). The average molecular weight is 285 g/mol. The second-order valence-electron chi connectivity index (χ2n) is 5.06. The van der Waals surface area contributed by atoms with Crippen LogP contribution in [-0.2, 0) is 6.61 Å². The fraction of sp³-hybridized carbons (Fsp3) is 0.294. The smallest absolute Gasteiger partial charge is 0.231 e. The van der Waals surface area contributed by atoms with Gasteiger partial charge in [-0.15, -0.1) is 0 Å². The molecule has 0 radical (unpaired) electrons. The first-order valence-electron chi connectivity index (χ1n) is 7.13. The second kappa shape index (κ2) is 6.06. The third-order valence-electron chi connectivity index (χ3n) is 3.59. The molecule has 0 aliphatic carbocycles. The first-order valence-corrected chi connectivity index (χ1v) is 7.13. The van der Waals surface area contributed by atoms with Crippen LogP contribution in [0.25, 0.3) is 0 Å². The normalized spacial score (nSPS) is 14.0. The summed E-state index contributed by atoms with van der Waals surface area (Å²) in [6, 6.07) is 13.9. The Morgan fingerprint density at radius 2 is 1.86 bits per heavy atom. The van der Waals surface area contributed by atoms with Gasteiger partial charge in [-0.05, 0) is 41.8 Å². The van der Waals surface area contributed by atoms with Gasteiger partial charge in [0.2, 0.25) is 6.79 Å². The minimum Gasteiger partial charge on any atom is -0.489 e. The summed E-state index contributed by atoms with van der Waals surface area (Å²) >= 11 is 0. The zero-order valence-corrected chi connectivity index (χ0v) is 12.0. The predicted octanol–water partition coefficient (Wildman–Crippen LogP) is 3.40. The molecule has 1 aliphatic rings. The highest BCUT2D eigenvalue weighted by Crippen LogP contribution is 2.32. The lowest BCUT2D eigenvalue weighted by Crippen LogP contribution is -2.08. The van der Waals surface area contributed by atoms with E-state index >= 15 is 0 Å². The Balaban J connectivity index is 1.62. The Hall–Kier alpha value is -2.20. The number of nitrogens with two attached hydrogens (primary N) is 1. The summed E-state index contributed by atoms with van der Waals surface area (Å²) in [5, 5.41) is 0. The Morgan fingerprint density at radius 3 is 2.62 bits per heavy atom. The fourth-order valence-corrected chi connectivity index (χ4v) is 2.24. The molecule has 0 amide bonds. The van der Waals surface area contributed by atoms with Gasteiger partial charge in [-0.1, -0.05) is 25.1 Å². The quantitative estimate of drug-likeness (QED) is 0.914. The molecule has 2 aromatic rings. The molecule has 0 saturated carbocycles. The molecule has 4 heteroatoms. The second-order valence-corrected chi connectivity index (χ2v) is 5.06. The molecule has 110 valence electrons. The van der Waals surface area contributed by atoms with Crippen LogP contribution in [0.15, 0.2) is 42.5 Å². The van der Waals surface area contributed by atoms with Crippen molar-refractivity contribution in [1.82, 2.24) is 0 Å². The number of hydrogen-bond acceptors (Lipinski definition) is 4. The number of fused-ring (bicyclic) bond motifs is 1. The highest BCUT2D eigenvalue weighted by Gasteiger charge is 2.13. The van der Waals surface area contributed by atoms with Gasteiger partial charge in [-0.3, -0.25) is 0 Å². The standard InChI is InChI=1S/C17H19NO3/c1-2-15(18)13-4-6-14(7-5-13)19-10-12-3-8-16-17(9-12)21-11-20-16/h3-9,15H,2,10-11,18H2,1H3. The zero-order valence-electron chi connectivity index (χ0n) is 12.0. The predicted molar refractivity (Wildman–Crippen MR) is 80.6 cm³/mol. The third-order valence-corrected chi connectivity index (χ3v) is 3.59. The van der Waals surface area contributed by atoms with Gasteiger partial charge in [-0.2, -0.15) is 0 Å². The number of ether oxygens (including phenoxy) is 3. The molecular formula is C17H19NO3. The SMILES string of the molecule is CCC(N)c1ccc(OCc2ccc3c(c2)OCO3)cc1. The van der Waals surface area contributed by atoms with Gasteiger partial charge < -0.3 is 19.9 Å². The first-order chi connectivity index (χ1) is 10.3. The Bertz CT molecular complexity index is 610. The van der Waals surface area contributed by atoms with Crippen LogP contribution < -0.4 is 19.9 Å². The van der Waals surface area contributed by atoms with Crippen molar-refractivity contribution in [1.29, 1.82) is 0 Å². The van der Waals surface area contributed by atoms with E-state index in [4.69, 9.17) is 19.9 Å². The van der Waals surface area contributed by atoms with E-state index in [1.807, 2.05) is 42.5 Å². The van der Waals surface area contributed by atoms with E-state index in [-0.39, 0.29) is 6.04 Å². The molecule has 0 saturated heterocycles. The van der Waals surface area contributed by atoms with E-state index in [0.717, 1.165) is 34.8 Å². The average Bonchev–Trinajstić information content (AvgIpc) is 3.00. The highest BCUT2D eigenvalue weighted by atomic mass is 16.7. The van der Waals surface area contributed by atoms with Crippen LogP contribution in [0.2, 0.25) is 0 Å². The van der Waals surface area contributed by atoms with Crippen molar-refractivity contribution in [3.63, 3.8) is 0 Å². The van der Waals surface area contributed by atoms with Crippen LogP contribution in [0, 0.1) is 0 Å². The van der Waals surface area contributed by atoms with Gasteiger partial charge in [-0.25, -0.2) is 0 Å². The van der Waals surface area contributed by atoms with E-state index < -0.39 is 0 Å². The highest BCUT2D eigenvalue weighted by molar-refractivity contribution is 5.44. The van der Waals surface area contributed by atoms with Crippen molar-refractivity contribution in [2.75, 3.05) is 6.79 Å². The summed E-state index contributed by atoms with van der Waals surface area (Å²) in [7, 11) is 0. The van der Waals surface area contributed by atoms with Crippen LogP contribution in [0.1, 0.15) is 30.5 Å². The van der Waals surface area contributed by atoms with E-state index in [1.165, 1.54) is 0 Å². The van der Waals surface area contributed by atoms with E-state index in [2.05, 4.69) is 6.92 Å². The molecule has 1 atom stereocenters. The maximum Gasteiger partial charge on any atom is 0.231 e. The van der Waals surface area contributed by atoms with Crippen LogP contribution in [0.3, 0.4) is 0 Å². The van der Waals surface area contributed by atoms with Crippen LogP contribution in [-0.4, -0.2) is 6.79 Å². The summed E-state index contributed by atoms with van der Waals surface area (Å²) in [6.45, 7) is 2.86. The molecular weight excluding hydrogens is 266 g/mol. The lowest BCUT2D eigenvalue weighted by Gasteiger charge is -2.11. The monoisotopic (exact) mass is 285 g/mol. The lowest BCUT2D eigenvalue weighted by molar-refractivity contribution is 0.174. The van der Waals surface area contributed by atoms with Crippen molar-refractivity contribution >= 4 is 0 Å². The molecule has 2 N–H and O–H groups in total. The minimum atomic E-state index is 0.0907. The van der Waals surface area contributed by atoms with Crippen LogP contribution in [0.4, 0.5) is 0 Å². The van der Waals surface area contributed by atoms with Gasteiger partial charge in [0.05, 0.1) is 0 Å². The summed E-state index contributed by atoms with van der Waals surface area (Å²) in [6.07, 6.45) is 0.928. The number of benzene rings is 2. The van der Waals surface area contributed by atoms with Crippen molar-refractivity contribution in [3.05, 3.63) is 53.6 Å². The Morgan fingerprint density at radius 1 is 1.10 bits per heavy atom. The van der Waals surface area contributed by atoms with Crippen LogP contribution in [0.5, 0.6) is 17.2 Å². The molecule has 0 bridgehead atoms. The topological polar surface area (TPSA) is 53.7 Å². The maximum atomic E-state index is 5.99. The van der Waals surface area contributed by atoms with E-state index in [0.29, 0.717) is 13.4 Å². The molecule has 0 aromatic heterocycles. The fourth-order valence-electron chi connectivity index (χ4n) is 2.24. The Kier molecular flexibility index (Phi) is 3.97. The van der Waals surface area contributed by atoms with Gasteiger partial charge in [0.1, 0.15) is 12.4 Å². The van der Waals surface area contributed by atoms with Crippen molar-refractivity contribution in [3.8, 4) is 17.2 Å². The molecule has 4 nitrogen and oxygen atoms in total. The number of hydrogen-bond donors (Lipinski definition) is 1. The minimum absolute atomic E-state index is 0.0907. The molecule has 0 fully saturated rings. The van der Waals surface area contributed by atoms with Crippen molar-refractivity contribution in [2.24, 2.45) is 5.73 Å². The first kappa shape index (κ1) is 13.8. The molecule has 1 heterocycles. The van der Waals surface area contributed by atoms with Crippen LogP contribution >= 0.6 is 0 Å². The largest absolute Gasteiger partial charge is 0.489 e. The van der Waals surface area contributed by atoms with Crippen molar-refractivity contribution in [2.45, 2.75) is 26.0 Å². The molecule has 2 aromatic carbocycles.